The third-order valence-corrected chi connectivity index (χ3v) is 2.37. The molecule has 0 amide bonds. The molecule has 0 unspecified atom stereocenters. The topological polar surface area (TPSA) is 70.0 Å². The Hall–Kier alpha value is -1.95. The summed E-state index contributed by atoms with van der Waals surface area (Å²) in [6.45, 7) is 6.18. The van der Waals surface area contributed by atoms with E-state index in [4.69, 9.17) is 21.1 Å². The molecule has 0 saturated heterocycles. The van der Waals surface area contributed by atoms with E-state index in [1.54, 1.807) is 18.5 Å². The third kappa shape index (κ3) is 3.77. The molecular weight excluding hydrogens is 280 g/mol. The zero-order chi connectivity index (χ0) is 14.5. The molecule has 0 aromatic carbocycles. The van der Waals surface area contributed by atoms with Crippen molar-refractivity contribution in [1.29, 1.82) is 0 Å². The number of nitrogens with zero attached hydrogens (tertiary/aromatic N) is 4. The lowest BCUT2D eigenvalue weighted by Crippen LogP contribution is -2.06. The summed E-state index contributed by atoms with van der Waals surface area (Å²) in [5.41, 5.74) is 0.688. The maximum absolute atomic E-state index is 5.87. The van der Waals surface area contributed by atoms with Crippen LogP contribution in [0, 0.1) is 0 Å². The van der Waals surface area contributed by atoms with Crippen molar-refractivity contribution in [3.05, 3.63) is 23.7 Å². The number of hydrogen-bond acceptors (Lipinski definition) is 6. The number of pyridine rings is 1. The van der Waals surface area contributed by atoms with E-state index < -0.39 is 0 Å². The second-order valence-corrected chi connectivity index (χ2v) is 4.56. The van der Waals surface area contributed by atoms with Crippen molar-refractivity contribution < 1.29 is 9.47 Å². The average molecular weight is 295 g/mol. The van der Waals surface area contributed by atoms with Gasteiger partial charge in [0.05, 0.1) is 18.9 Å². The molecule has 0 aliphatic rings. The van der Waals surface area contributed by atoms with Crippen LogP contribution in [0.25, 0.3) is 11.4 Å². The highest BCUT2D eigenvalue weighted by Crippen LogP contribution is 2.22. The second-order valence-electron chi connectivity index (χ2n) is 4.22. The summed E-state index contributed by atoms with van der Waals surface area (Å²) < 4.78 is 10.8. The van der Waals surface area contributed by atoms with E-state index in [2.05, 4.69) is 19.9 Å². The van der Waals surface area contributed by atoms with Crippen molar-refractivity contribution >= 4 is 11.6 Å². The monoisotopic (exact) mass is 294 g/mol. The summed E-state index contributed by atoms with van der Waals surface area (Å²) in [4.78, 5) is 16.3. The van der Waals surface area contributed by atoms with Crippen molar-refractivity contribution in [2.45, 2.75) is 26.9 Å². The van der Waals surface area contributed by atoms with E-state index in [0.717, 1.165) is 0 Å². The molecule has 0 aliphatic carbocycles. The highest BCUT2D eigenvalue weighted by atomic mass is 35.5. The van der Waals surface area contributed by atoms with Crippen LogP contribution in [0.1, 0.15) is 20.8 Å². The van der Waals surface area contributed by atoms with Gasteiger partial charge < -0.3 is 9.47 Å². The van der Waals surface area contributed by atoms with Crippen LogP contribution in [-0.4, -0.2) is 32.6 Å². The normalized spacial score (nSPS) is 10.7. The maximum atomic E-state index is 5.87. The van der Waals surface area contributed by atoms with Crippen LogP contribution in [0.15, 0.2) is 18.5 Å². The van der Waals surface area contributed by atoms with Gasteiger partial charge in [-0.2, -0.15) is 15.0 Å². The van der Waals surface area contributed by atoms with Gasteiger partial charge in [-0.3, -0.25) is 4.98 Å². The van der Waals surface area contributed by atoms with Crippen molar-refractivity contribution in [2.24, 2.45) is 0 Å². The van der Waals surface area contributed by atoms with E-state index in [0.29, 0.717) is 23.7 Å². The number of rotatable bonds is 5. The Morgan fingerprint density at radius 2 is 2.00 bits per heavy atom. The molecule has 0 atom stereocenters. The highest BCUT2D eigenvalue weighted by Gasteiger charge is 2.10. The molecule has 2 aromatic heterocycles. The first-order chi connectivity index (χ1) is 9.58. The predicted molar refractivity (Wildman–Crippen MR) is 75.0 cm³/mol. The van der Waals surface area contributed by atoms with Gasteiger partial charge in [-0.25, -0.2) is 0 Å². The molecule has 2 aromatic rings. The van der Waals surface area contributed by atoms with Crippen molar-refractivity contribution in [3.8, 4) is 23.1 Å². The Balaban J connectivity index is 2.35. The molecule has 0 aliphatic heterocycles. The van der Waals surface area contributed by atoms with Crippen LogP contribution in [0.3, 0.4) is 0 Å². The standard InChI is InChI=1S/C13H15ClN4O2/c1-4-19-13-17-11(16-12(14)18-13)9-5-10(7-15-6-9)20-8(2)3/h5-8H,4H2,1-3H3. The molecule has 0 bridgehead atoms. The van der Waals surface area contributed by atoms with Gasteiger partial charge in [0, 0.05) is 11.8 Å². The first-order valence-corrected chi connectivity index (χ1v) is 6.62. The van der Waals surface area contributed by atoms with Gasteiger partial charge in [-0.15, -0.1) is 0 Å². The molecule has 0 N–H and O–H groups in total. The number of ether oxygens (including phenoxy) is 2. The lowest BCUT2D eigenvalue weighted by molar-refractivity contribution is 0.241. The summed E-state index contributed by atoms with van der Waals surface area (Å²) in [7, 11) is 0. The molecular formula is C13H15ClN4O2. The molecule has 6 nitrogen and oxygen atoms in total. The lowest BCUT2D eigenvalue weighted by atomic mass is 10.2. The fourth-order valence-electron chi connectivity index (χ4n) is 1.53. The highest BCUT2D eigenvalue weighted by molar-refractivity contribution is 6.28. The molecule has 20 heavy (non-hydrogen) atoms. The zero-order valence-corrected chi connectivity index (χ0v) is 12.3. The van der Waals surface area contributed by atoms with Gasteiger partial charge in [0.2, 0.25) is 5.28 Å². The van der Waals surface area contributed by atoms with Crippen LogP contribution in [0.5, 0.6) is 11.8 Å². The smallest absolute Gasteiger partial charge is 0.321 e. The third-order valence-electron chi connectivity index (χ3n) is 2.20. The minimum atomic E-state index is 0.0629. The van der Waals surface area contributed by atoms with Crippen LogP contribution in [0.2, 0.25) is 5.28 Å². The van der Waals surface area contributed by atoms with Crippen LogP contribution < -0.4 is 9.47 Å². The van der Waals surface area contributed by atoms with E-state index in [1.165, 1.54) is 0 Å². The van der Waals surface area contributed by atoms with Gasteiger partial charge in [0.15, 0.2) is 5.82 Å². The van der Waals surface area contributed by atoms with Gasteiger partial charge in [-0.1, -0.05) is 0 Å². The predicted octanol–water partition coefficient (Wildman–Crippen LogP) is 2.77. The molecule has 0 saturated carbocycles. The first-order valence-electron chi connectivity index (χ1n) is 6.25. The van der Waals surface area contributed by atoms with E-state index in [-0.39, 0.29) is 17.4 Å². The minimum Gasteiger partial charge on any atom is -0.489 e. The van der Waals surface area contributed by atoms with Gasteiger partial charge >= 0.3 is 6.01 Å². The maximum Gasteiger partial charge on any atom is 0.321 e. The summed E-state index contributed by atoms with van der Waals surface area (Å²) in [6, 6.07) is 1.99. The average Bonchev–Trinajstić information content (AvgIpc) is 2.38. The van der Waals surface area contributed by atoms with E-state index in [9.17, 15) is 0 Å². The summed E-state index contributed by atoms with van der Waals surface area (Å²) in [5, 5.41) is 0.0774. The summed E-state index contributed by atoms with van der Waals surface area (Å²) >= 11 is 5.87. The largest absolute Gasteiger partial charge is 0.489 e. The van der Waals surface area contributed by atoms with Crippen molar-refractivity contribution in [1.82, 2.24) is 19.9 Å². The lowest BCUT2D eigenvalue weighted by Gasteiger charge is -2.10. The second kappa shape index (κ2) is 6.47. The van der Waals surface area contributed by atoms with Crippen molar-refractivity contribution in [3.63, 3.8) is 0 Å². The Morgan fingerprint density at radius 1 is 1.20 bits per heavy atom. The summed E-state index contributed by atoms with van der Waals surface area (Å²) in [5.74, 6) is 1.04. The first kappa shape index (κ1) is 14.5. The van der Waals surface area contributed by atoms with Gasteiger partial charge in [0.25, 0.3) is 0 Å². The fraction of sp³-hybridized carbons (Fsp3) is 0.385. The van der Waals surface area contributed by atoms with Crippen molar-refractivity contribution in [2.75, 3.05) is 6.61 Å². The minimum absolute atomic E-state index is 0.0629. The number of aromatic nitrogens is 4. The van der Waals surface area contributed by atoms with Crippen LogP contribution >= 0.6 is 11.6 Å². The molecule has 7 heteroatoms. The quantitative estimate of drug-likeness (QED) is 0.844. The fourth-order valence-corrected chi connectivity index (χ4v) is 1.68. The molecule has 2 rings (SSSR count). The molecule has 2 heterocycles. The van der Waals surface area contributed by atoms with Crippen LogP contribution in [0.4, 0.5) is 0 Å². The SMILES string of the molecule is CCOc1nc(Cl)nc(-c2cncc(OC(C)C)c2)n1. The molecule has 0 fully saturated rings. The molecule has 106 valence electrons. The molecule has 0 spiro atoms. The Morgan fingerprint density at radius 3 is 2.70 bits per heavy atom. The Labute approximate surface area is 122 Å². The molecule has 0 radical (unpaired) electrons. The summed E-state index contributed by atoms with van der Waals surface area (Å²) in [6.07, 6.45) is 3.33. The van der Waals surface area contributed by atoms with Gasteiger partial charge in [0.1, 0.15) is 5.75 Å². The van der Waals surface area contributed by atoms with Crippen LogP contribution in [-0.2, 0) is 0 Å². The van der Waals surface area contributed by atoms with Gasteiger partial charge in [-0.05, 0) is 38.4 Å². The Bertz CT molecular complexity index is 592. The van der Waals surface area contributed by atoms with E-state index in [1.807, 2.05) is 20.8 Å². The number of hydrogen-bond donors (Lipinski definition) is 0. The number of halogens is 1. The Kier molecular flexibility index (Phi) is 4.68. The zero-order valence-electron chi connectivity index (χ0n) is 11.5. The van der Waals surface area contributed by atoms with E-state index >= 15 is 0 Å².